The Morgan fingerprint density at radius 1 is 1.00 bits per heavy atom. The van der Waals surface area contributed by atoms with Gasteiger partial charge in [0, 0.05) is 23.7 Å². The number of aromatic hydroxyl groups is 1. The van der Waals surface area contributed by atoms with Gasteiger partial charge in [0.25, 0.3) is 0 Å². The predicted octanol–water partition coefficient (Wildman–Crippen LogP) is 3.96. The zero-order chi connectivity index (χ0) is 17.3. The summed E-state index contributed by atoms with van der Waals surface area (Å²) in [5.74, 6) is 2.70. The Bertz CT molecular complexity index is 978. The van der Waals surface area contributed by atoms with Crippen LogP contribution in [0.3, 0.4) is 0 Å². The number of aromatic nitrogens is 1. The average Bonchev–Trinajstić information content (AvgIpc) is 3.30. The molecular weight excluding hydrogens is 322 g/mol. The summed E-state index contributed by atoms with van der Waals surface area (Å²) >= 11 is 0. The molecule has 3 heterocycles. The summed E-state index contributed by atoms with van der Waals surface area (Å²) < 4.78 is 0. The van der Waals surface area contributed by atoms with Gasteiger partial charge in [-0.25, -0.2) is 0 Å². The van der Waals surface area contributed by atoms with Gasteiger partial charge in [-0.1, -0.05) is 30.4 Å². The molecule has 2 aromatic rings. The maximum absolute atomic E-state index is 10.6. The van der Waals surface area contributed by atoms with Gasteiger partial charge in [-0.2, -0.15) is 0 Å². The Morgan fingerprint density at radius 3 is 2.81 bits per heavy atom. The fourth-order valence-corrected chi connectivity index (χ4v) is 5.37. The van der Waals surface area contributed by atoms with E-state index in [0.29, 0.717) is 29.5 Å². The molecule has 0 radical (unpaired) electrons. The van der Waals surface area contributed by atoms with Crippen LogP contribution < -0.4 is 4.90 Å². The number of pyridine rings is 1. The first-order valence-corrected chi connectivity index (χ1v) is 9.27. The van der Waals surface area contributed by atoms with E-state index in [1.54, 1.807) is 6.07 Å². The summed E-state index contributed by atoms with van der Waals surface area (Å²) in [5.41, 5.74) is 3.02. The minimum atomic E-state index is 0.0736. The second-order valence-corrected chi connectivity index (χ2v) is 7.62. The van der Waals surface area contributed by atoms with Crippen molar-refractivity contribution in [3.63, 3.8) is 0 Å². The van der Waals surface area contributed by atoms with Crippen LogP contribution in [0.25, 0.3) is 6.08 Å². The van der Waals surface area contributed by atoms with Crippen LogP contribution in [-0.2, 0) is 0 Å². The molecule has 1 saturated carbocycles. The van der Waals surface area contributed by atoms with E-state index in [0.717, 1.165) is 22.8 Å². The minimum Gasteiger partial charge on any atom is -0.506 e. The number of hydrogen-bond donors (Lipinski definition) is 1. The molecule has 4 aliphatic rings. The van der Waals surface area contributed by atoms with E-state index < -0.39 is 0 Å². The van der Waals surface area contributed by atoms with Gasteiger partial charge in [0.1, 0.15) is 11.6 Å². The van der Waals surface area contributed by atoms with E-state index in [9.17, 15) is 5.11 Å². The van der Waals surface area contributed by atoms with Crippen molar-refractivity contribution in [2.45, 2.75) is 18.5 Å². The maximum atomic E-state index is 10.6. The van der Waals surface area contributed by atoms with Crippen LogP contribution in [0.2, 0.25) is 0 Å². The zero-order valence-electron chi connectivity index (χ0n) is 14.2. The highest BCUT2D eigenvalue weighted by Crippen LogP contribution is 2.56. The summed E-state index contributed by atoms with van der Waals surface area (Å²) in [6.45, 7) is 0. The van der Waals surface area contributed by atoms with Gasteiger partial charge in [-0.15, -0.1) is 0 Å². The molecule has 2 aliphatic carbocycles. The van der Waals surface area contributed by atoms with Gasteiger partial charge in [-0.3, -0.25) is 9.98 Å². The number of nitrogens with zero attached hydrogens (tertiary/aromatic N) is 3. The lowest BCUT2D eigenvalue weighted by atomic mass is 9.78. The van der Waals surface area contributed by atoms with Crippen molar-refractivity contribution in [2.24, 2.45) is 22.7 Å². The molecule has 4 nitrogen and oxygen atoms in total. The Hall–Kier alpha value is -2.88. The fourth-order valence-electron chi connectivity index (χ4n) is 5.37. The summed E-state index contributed by atoms with van der Waals surface area (Å²) in [5, 5.41) is 10.6. The fraction of sp³-hybridized carbons (Fsp3) is 0.273. The van der Waals surface area contributed by atoms with E-state index in [2.05, 4.69) is 46.3 Å². The molecule has 4 heteroatoms. The second kappa shape index (κ2) is 5.07. The van der Waals surface area contributed by atoms with Crippen LogP contribution in [0.1, 0.15) is 23.7 Å². The molecule has 1 aromatic heterocycles. The maximum Gasteiger partial charge on any atom is 0.139 e. The average molecular weight is 341 g/mol. The first-order valence-electron chi connectivity index (χ1n) is 9.27. The number of amidine groups is 1. The molecule has 1 aromatic carbocycles. The third-order valence-corrected chi connectivity index (χ3v) is 6.35. The number of phenols is 1. The van der Waals surface area contributed by atoms with Crippen molar-refractivity contribution in [3.8, 4) is 5.75 Å². The van der Waals surface area contributed by atoms with E-state index in [1.165, 1.54) is 6.42 Å². The van der Waals surface area contributed by atoms with Crippen molar-refractivity contribution < 1.29 is 5.11 Å². The lowest BCUT2D eigenvalue weighted by molar-refractivity contribution is 0.311. The largest absolute Gasteiger partial charge is 0.506 e. The minimum absolute atomic E-state index is 0.0736. The van der Waals surface area contributed by atoms with Crippen LogP contribution >= 0.6 is 0 Å². The van der Waals surface area contributed by atoms with Crippen molar-refractivity contribution in [3.05, 3.63) is 72.1 Å². The zero-order valence-corrected chi connectivity index (χ0v) is 14.2. The van der Waals surface area contributed by atoms with Crippen molar-refractivity contribution in [1.29, 1.82) is 0 Å². The highest BCUT2D eigenvalue weighted by Gasteiger charge is 2.54. The van der Waals surface area contributed by atoms with Gasteiger partial charge in [0.05, 0.1) is 17.4 Å². The summed E-state index contributed by atoms with van der Waals surface area (Å²) in [6, 6.07) is 12.2. The molecule has 2 bridgehead atoms. The predicted molar refractivity (Wildman–Crippen MR) is 102 cm³/mol. The first kappa shape index (κ1) is 14.3. The normalized spacial score (nSPS) is 32.8. The van der Waals surface area contributed by atoms with Gasteiger partial charge in [0.2, 0.25) is 0 Å². The molecule has 5 atom stereocenters. The molecule has 1 N–H and O–H groups in total. The number of anilines is 1. The van der Waals surface area contributed by atoms with Crippen LogP contribution in [-0.4, -0.2) is 22.0 Å². The molecule has 0 spiro atoms. The molecule has 128 valence electrons. The SMILES string of the molecule is Oc1cccc2c1N1C(=NC(c3ccccn3)C3C4C=CC(C4)C31)C=C2. The Labute approximate surface area is 152 Å². The summed E-state index contributed by atoms with van der Waals surface area (Å²) in [7, 11) is 0. The number of fused-ring (bicyclic) bond motifs is 9. The van der Waals surface area contributed by atoms with Gasteiger partial charge in [-0.05, 0) is 48.6 Å². The monoisotopic (exact) mass is 341 g/mol. The number of hydrogen-bond acceptors (Lipinski definition) is 4. The van der Waals surface area contributed by atoms with Crippen LogP contribution in [0, 0.1) is 17.8 Å². The van der Waals surface area contributed by atoms with Crippen LogP contribution in [0.4, 0.5) is 5.69 Å². The smallest absolute Gasteiger partial charge is 0.139 e. The van der Waals surface area contributed by atoms with Gasteiger partial charge < -0.3 is 10.0 Å². The molecule has 26 heavy (non-hydrogen) atoms. The summed E-state index contributed by atoms with van der Waals surface area (Å²) in [6.07, 6.45) is 11.9. The van der Waals surface area contributed by atoms with Crippen molar-refractivity contribution in [2.75, 3.05) is 4.90 Å². The van der Waals surface area contributed by atoms with E-state index in [4.69, 9.17) is 4.99 Å². The molecule has 6 rings (SSSR count). The Kier molecular flexibility index (Phi) is 2.79. The van der Waals surface area contributed by atoms with E-state index in [-0.39, 0.29) is 6.04 Å². The van der Waals surface area contributed by atoms with E-state index in [1.807, 2.05) is 24.4 Å². The number of phenolic OH excluding ortho intramolecular Hbond substituents is 1. The lowest BCUT2D eigenvalue weighted by Crippen LogP contribution is -2.52. The standard InChI is InChI=1S/C22H19N3O/c26-17-6-3-4-13-9-10-18-24-20(16-5-1-2-11-23-16)19-14-7-8-15(12-14)22(19)25(18)21(13)17/h1-11,14-15,19-20,22,26H,12H2. The molecular formula is C22H19N3O. The van der Waals surface area contributed by atoms with Crippen molar-refractivity contribution >= 4 is 17.6 Å². The number of rotatable bonds is 1. The third kappa shape index (κ3) is 1.79. The molecule has 5 unspecified atom stereocenters. The highest BCUT2D eigenvalue weighted by molar-refractivity contribution is 6.14. The number of para-hydroxylation sites is 1. The molecule has 0 amide bonds. The quantitative estimate of drug-likeness (QED) is 0.799. The van der Waals surface area contributed by atoms with Gasteiger partial charge >= 0.3 is 0 Å². The second-order valence-electron chi connectivity index (χ2n) is 7.62. The Morgan fingerprint density at radius 2 is 1.92 bits per heavy atom. The van der Waals surface area contributed by atoms with E-state index >= 15 is 0 Å². The van der Waals surface area contributed by atoms with Crippen LogP contribution in [0.5, 0.6) is 5.75 Å². The topological polar surface area (TPSA) is 48.7 Å². The number of allylic oxidation sites excluding steroid dienone is 1. The van der Waals surface area contributed by atoms with Crippen molar-refractivity contribution in [1.82, 2.24) is 4.98 Å². The first-order chi connectivity index (χ1) is 12.8. The Balaban J connectivity index is 1.57. The number of benzene rings is 1. The van der Waals surface area contributed by atoms with Gasteiger partial charge in [0.15, 0.2) is 0 Å². The lowest BCUT2D eigenvalue weighted by Gasteiger charge is -2.46. The van der Waals surface area contributed by atoms with Crippen LogP contribution in [0.15, 0.2) is 65.8 Å². The summed E-state index contributed by atoms with van der Waals surface area (Å²) in [4.78, 5) is 12.0. The molecule has 0 saturated heterocycles. The third-order valence-electron chi connectivity index (χ3n) is 6.35. The highest BCUT2D eigenvalue weighted by atomic mass is 16.3. The number of aliphatic imine (C=N–C) groups is 1. The molecule has 2 aliphatic heterocycles. The molecule has 1 fully saturated rings.